The van der Waals surface area contributed by atoms with Crippen LogP contribution < -0.4 is 5.32 Å². The molecule has 2 rings (SSSR count). The summed E-state index contributed by atoms with van der Waals surface area (Å²) in [4.78, 5) is 0. The van der Waals surface area contributed by atoms with E-state index in [2.05, 4.69) is 5.32 Å². The molecule has 5 heteroatoms. The van der Waals surface area contributed by atoms with E-state index in [-0.39, 0.29) is 17.5 Å². The third-order valence-electron chi connectivity index (χ3n) is 3.46. The first-order chi connectivity index (χ1) is 8.37. The molecule has 1 heterocycles. The summed E-state index contributed by atoms with van der Waals surface area (Å²) >= 11 is 0. The number of nitrogens with one attached hydrogen (secondary N) is 1. The van der Waals surface area contributed by atoms with Crippen molar-refractivity contribution in [2.24, 2.45) is 0 Å². The van der Waals surface area contributed by atoms with E-state index in [1.54, 1.807) is 6.07 Å². The molecule has 1 aliphatic rings. The molecule has 0 atom stereocenters. The molecule has 0 saturated carbocycles. The van der Waals surface area contributed by atoms with Gasteiger partial charge >= 0.3 is 0 Å². The van der Waals surface area contributed by atoms with Crippen molar-refractivity contribution in [1.82, 2.24) is 0 Å². The Morgan fingerprint density at radius 2 is 1.78 bits per heavy atom. The molecule has 0 spiro atoms. The summed E-state index contributed by atoms with van der Waals surface area (Å²) in [5.41, 5.74) is 2.78. The summed E-state index contributed by atoms with van der Waals surface area (Å²) in [6.07, 6.45) is 1.31. The van der Waals surface area contributed by atoms with Crippen LogP contribution in [0.25, 0.3) is 0 Å². The number of benzene rings is 1. The third kappa shape index (κ3) is 2.96. The lowest BCUT2D eigenvalue weighted by Crippen LogP contribution is -2.32. The number of hydrogen-bond acceptors (Lipinski definition) is 4. The van der Waals surface area contributed by atoms with Crippen molar-refractivity contribution >= 4 is 15.5 Å². The fraction of sp³-hybridized carbons (Fsp3) is 0.538. The third-order valence-corrected chi connectivity index (χ3v) is 5.17. The number of sulfone groups is 1. The van der Waals surface area contributed by atoms with Crippen molar-refractivity contribution in [3.05, 3.63) is 23.3 Å². The van der Waals surface area contributed by atoms with Gasteiger partial charge in [-0.3, -0.25) is 0 Å². The van der Waals surface area contributed by atoms with Crippen LogP contribution in [-0.4, -0.2) is 31.1 Å². The molecule has 4 nitrogen and oxygen atoms in total. The molecule has 0 aromatic heterocycles. The molecule has 18 heavy (non-hydrogen) atoms. The van der Waals surface area contributed by atoms with E-state index < -0.39 is 9.84 Å². The Kier molecular flexibility index (Phi) is 3.52. The predicted octanol–water partition coefficient (Wildman–Crippen LogP) is 2.00. The summed E-state index contributed by atoms with van der Waals surface area (Å²) < 4.78 is 22.7. The summed E-state index contributed by atoms with van der Waals surface area (Å²) in [6.45, 7) is 3.78. The highest BCUT2D eigenvalue weighted by molar-refractivity contribution is 7.91. The number of rotatable bonds is 2. The van der Waals surface area contributed by atoms with E-state index >= 15 is 0 Å². The van der Waals surface area contributed by atoms with Crippen molar-refractivity contribution in [3.8, 4) is 5.75 Å². The minimum atomic E-state index is -2.81. The molecule has 1 saturated heterocycles. The van der Waals surface area contributed by atoms with Gasteiger partial charge in [0.1, 0.15) is 15.6 Å². The molecule has 2 N–H and O–H groups in total. The molecule has 0 amide bonds. The first kappa shape index (κ1) is 13.2. The lowest BCUT2D eigenvalue weighted by molar-refractivity contribution is 0.470. The lowest BCUT2D eigenvalue weighted by atomic mass is 10.1. The molecule has 1 aromatic carbocycles. The second-order valence-electron chi connectivity index (χ2n) is 5.02. The van der Waals surface area contributed by atoms with Crippen LogP contribution in [-0.2, 0) is 9.84 Å². The molecule has 0 bridgehead atoms. The summed E-state index contributed by atoms with van der Waals surface area (Å²) in [5.74, 6) is 0.825. The number of phenolic OH excluding ortho intramolecular Hbond substituents is 1. The maximum absolute atomic E-state index is 11.4. The van der Waals surface area contributed by atoms with Crippen LogP contribution in [0, 0.1) is 13.8 Å². The average Bonchev–Trinajstić information content (AvgIpc) is 2.28. The topological polar surface area (TPSA) is 66.4 Å². The van der Waals surface area contributed by atoms with Crippen LogP contribution in [0.15, 0.2) is 12.1 Å². The lowest BCUT2D eigenvalue weighted by Gasteiger charge is -2.25. The zero-order chi connectivity index (χ0) is 13.3. The zero-order valence-corrected chi connectivity index (χ0v) is 11.5. The van der Waals surface area contributed by atoms with Crippen LogP contribution in [0.4, 0.5) is 5.69 Å². The minimum Gasteiger partial charge on any atom is -0.508 e. The monoisotopic (exact) mass is 269 g/mol. The first-order valence-electron chi connectivity index (χ1n) is 6.14. The Balaban J connectivity index is 2.09. The molecular weight excluding hydrogens is 250 g/mol. The Morgan fingerprint density at radius 1 is 1.17 bits per heavy atom. The van der Waals surface area contributed by atoms with Gasteiger partial charge in [0, 0.05) is 11.7 Å². The molecule has 100 valence electrons. The van der Waals surface area contributed by atoms with Crippen LogP contribution in [0.1, 0.15) is 24.0 Å². The largest absolute Gasteiger partial charge is 0.508 e. The molecule has 1 aliphatic heterocycles. The van der Waals surface area contributed by atoms with Crippen LogP contribution in [0.5, 0.6) is 5.75 Å². The van der Waals surface area contributed by atoms with Gasteiger partial charge in [-0.15, -0.1) is 0 Å². The van der Waals surface area contributed by atoms with Gasteiger partial charge in [0.25, 0.3) is 0 Å². The SMILES string of the molecule is Cc1cc(NC2CCS(=O)(=O)CC2)c(C)cc1O. The van der Waals surface area contributed by atoms with Crippen molar-refractivity contribution in [1.29, 1.82) is 0 Å². The number of aromatic hydroxyl groups is 1. The van der Waals surface area contributed by atoms with E-state index in [4.69, 9.17) is 0 Å². The predicted molar refractivity (Wildman–Crippen MR) is 72.9 cm³/mol. The van der Waals surface area contributed by atoms with Gasteiger partial charge in [-0.1, -0.05) is 0 Å². The van der Waals surface area contributed by atoms with Gasteiger partial charge in [-0.05, 0) is 49.9 Å². The van der Waals surface area contributed by atoms with Crippen molar-refractivity contribution in [2.75, 3.05) is 16.8 Å². The summed E-state index contributed by atoms with van der Waals surface area (Å²) in [7, 11) is -2.81. The minimum absolute atomic E-state index is 0.205. The van der Waals surface area contributed by atoms with Gasteiger partial charge in [0.05, 0.1) is 11.5 Å². The second kappa shape index (κ2) is 4.80. The molecule has 1 aromatic rings. The number of anilines is 1. The van der Waals surface area contributed by atoms with Gasteiger partial charge in [0.2, 0.25) is 0 Å². The van der Waals surface area contributed by atoms with E-state index in [1.165, 1.54) is 0 Å². The van der Waals surface area contributed by atoms with Gasteiger partial charge in [-0.2, -0.15) is 0 Å². The Bertz CT molecular complexity index is 538. The Hall–Kier alpha value is -1.23. The molecule has 0 radical (unpaired) electrons. The maximum atomic E-state index is 11.4. The Morgan fingerprint density at radius 3 is 2.39 bits per heavy atom. The zero-order valence-electron chi connectivity index (χ0n) is 10.7. The first-order valence-corrected chi connectivity index (χ1v) is 7.97. The van der Waals surface area contributed by atoms with Crippen molar-refractivity contribution < 1.29 is 13.5 Å². The van der Waals surface area contributed by atoms with Crippen LogP contribution in [0.3, 0.4) is 0 Å². The van der Waals surface area contributed by atoms with E-state index in [0.29, 0.717) is 18.6 Å². The fourth-order valence-electron chi connectivity index (χ4n) is 2.21. The highest BCUT2D eigenvalue weighted by Crippen LogP contribution is 2.27. The smallest absolute Gasteiger partial charge is 0.150 e. The highest BCUT2D eigenvalue weighted by atomic mass is 32.2. The molecule has 0 aliphatic carbocycles. The number of hydrogen-bond donors (Lipinski definition) is 2. The van der Waals surface area contributed by atoms with Crippen LogP contribution in [0.2, 0.25) is 0 Å². The van der Waals surface area contributed by atoms with Crippen LogP contribution >= 0.6 is 0 Å². The molecule has 0 unspecified atom stereocenters. The quantitative estimate of drug-likeness (QED) is 0.806. The number of aryl methyl sites for hydroxylation is 2. The van der Waals surface area contributed by atoms with E-state index in [1.807, 2.05) is 19.9 Å². The maximum Gasteiger partial charge on any atom is 0.150 e. The average molecular weight is 269 g/mol. The molecular formula is C13H19NO3S. The molecule has 1 fully saturated rings. The summed E-state index contributed by atoms with van der Waals surface area (Å²) in [6, 6.07) is 3.85. The van der Waals surface area contributed by atoms with Gasteiger partial charge in [-0.25, -0.2) is 8.42 Å². The number of phenols is 1. The van der Waals surface area contributed by atoms with Gasteiger partial charge < -0.3 is 10.4 Å². The van der Waals surface area contributed by atoms with Gasteiger partial charge in [0.15, 0.2) is 0 Å². The van der Waals surface area contributed by atoms with E-state index in [0.717, 1.165) is 16.8 Å². The second-order valence-corrected chi connectivity index (χ2v) is 7.33. The summed E-state index contributed by atoms with van der Waals surface area (Å²) in [5, 5.41) is 13.0. The fourth-order valence-corrected chi connectivity index (χ4v) is 3.70. The standard InChI is InChI=1S/C13H19NO3S/c1-9-8-13(15)10(2)7-12(9)14-11-3-5-18(16,17)6-4-11/h7-8,11,14-15H,3-6H2,1-2H3. The normalized spacial score (nSPS) is 19.7. The Labute approximate surface area is 108 Å². The van der Waals surface area contributed by atoms with Crippen molar-refractivity contribution in [2.45, 2.75) is 32.7 Å². The van der Waals surface area contributed by atoms with E-state index in [9.17, 15) is 13.5 Å². The van der Waals surface area contributed by atoms with Crippen molar-refractivity contribution in [3.63, 3.8) is 0 Å². The highest BCUT2D eigenvalue weighted by Gasteiger charge is 2.23.